The molecule has 3 rings (SSSR count). The second kappa shape index (κ2) is 7.29. The van der Waals surface area contributed by atoms with Gasteiger partial charge in [0, 0.05) is 19.8 Å². The summed E-state index contributed by atoms with van der Waals surface area (Å²) in [4.78, 5) is 20.2. The van der Waals surface area contributed by atoms with E-state index in [-0.39, 0.29) is 18.3 Å². The highest BCUT2D eigenvalue weighted by Gasteiger charge is 2.38. The summed E-state index contributed by atoms with van der Waals surface area (Å²) in [6.45, 7) is 3.96. The number of nitrogens with two attached hydrogens (primary N) is 1. The zero-order valence-corrected chi connectivity index (χ0v) is 14.0. The van der Waals surface area contributed by atoms with Crippen LogP contribution in [0.1, 0.15) is 24.2 Å². The lowest BCUT2D eigenvalue weighted by Crippen LogP contribution is -2.49. The van der Waals surface area contributed by atoms with Crippen molar-refractivity contribution in [2.75, 3.05) is 19.8 Å². The fourth-order valence-corrected chi connectivity index (χ4v) is 2.90. The number of aryl methyl sites for hydroxylation is 1. The second-order valence-electron chi connectivity index (χ2n) is 5.98. The number of nitrogens with zero attached hydrogens (tertiary/aromatic N) is 1. The molecule has 1 aromatic heterocycles. The Morgan fingerprint density at radius 1 is 1.43 bits per heavy atom. The van der Waals surface area contributed by atoms with Crippen molar-refractivity contribution in [1.82, 2.24) is 15.3 Å². The highest BCUT2D eigenvalue weighted by Crippen LogP contribution is 2.29. The Hall–Kier alpha value is -1.63. The van der Waals surface area contributed by atoms with Crippen LogP contribution in [0.4, 0.5) is 0 Å². The fourth-order valence-electron chi connectivity index (χ4n) is 2.90. The molecule has 6 nitrogen and oxygen atoms in total. The number of carbonyl (C=O) groups excluding carboxylic acids is 1. The van der Waals surface area contributed by atoms with Gasteiger partial charge >= 0.3 is 0 Å². The van der Waals surface area contributed by atoms with Crippen molar-refractivity contribution in [2.45, 2.75) is 26.3 Å². The molecule has 1 saturated heterocycles. The lowest BCUT2D eigenvalue weighted by atomic mass is 9.79. The fraction of sp³-hybridized carbons (Fsp3) is 0.500. The first kappa shape index (κ1) is 17.7. The Labute approximate surface area is 141 Å². The highest BCUT2D eigenvalue weighted by molar-refractivity contribution is 5.85. The molecular weight excluding hydrogens is 316 g/mol. The molecule has 23 heavy (non-hydrogen) atoms. The molecule has 0 radical (unpaired) electrons. The summed E-state index contributed by atoms with van der Waals surface area (Å²) >= 11 is 0. The molecule has 2 heterocycles. The monoisotopic (exact) mass is 338 g/mol. The summed E-state index contributed by atoms with van der Waals surface area (Å²) < 4.78 is 5.34. The number of amides is 1. The average Bonchev–Trinajstić information content (AvgIpc) is 2.95. The van der Waals surface area contributed by atoms with Crippen LogP contribution in [0.3, 0.4) is 0 Å². The largest absolute Gasteiger partial charge is 0.381 e. The van der Waals surface area contributed by atoms with Gasteiger partial charge in [-0.15, -0.1) is 12.4 Å². The average molecular weight is 339 g/mol. The Balaban J connectivity index is 0.00000192. The second-order valence-corrected chi connectivity index (χ2v) is 5.98. The van der Waals surface area contributed by atoms with Gasteiger partial charge in [0.2, 0.25) is 5.91 Å². The standard InChI is InChI=1S/C16H22N4O2.ClH/c1-11-2-3-12-13(8-11)20-14(19-12)9-18-15(21)16(10-17)4-6-22-7-5-16;/h2-3,8H,4-7,9-10,17H2,1H3,(H,18,21)(H,19,20);1H. The Morgan fingerprint density at radius 3 is 2.87 bits per heavy atom. The van der Waals surface area contributed by atoms with Gasteiger partial charge in [-0.2, -0.15) is 0 Å². The quantitative estimate of drug-likeness (QED) is 0.790. The van der Waals surface area contributed by atoms with E-state index in [9.17, 15) is 4.79 Å². The third-order valence-corrected chi connectivity index (χ3v) is 4.43. The van der Waals surface area contributed by atoms with Gasteiger partial charge in [-0.05, 0) is 37.5 Å². The van der Waals surface area contributed by atoms with Crippen LogP contribution in [0.25, 0.3) is 11.0 Å². The van der Waals surface area contributed by atoms with Crippen molar-refractivity contribution in [3.05, 3.63) is 29.6 Å². The number of aromatic amines is 1. The topological polar surface area (TPSA) is 93.0 Å². The summed E-state index contributed by atoms with van der Waals surface area (Å²) in [7, 11) is 0. The summed E-state index contributed by atoms with van der Waals surface area (Å²) in [5.41, 5.74) is 8.43. The van der Waals surface area contributed by atoms with E-state index in [1.165, 1.54) is 5.56 Å². The number of ether oxygens (including phenoxy) is 1. The van der Waals surface area contributed by atoms with Crippen LogP contribution in [-0.2, 0) is 16.1 Å². The molecular formula is C16H23ClN4O2. The molecule has 0 spiro atoms. The number of hydrogen-bond acceptors (Lipinski definition) is 4. The predicted octanol–water partition coefficient (Wildman–Crippen LogP) is 1.66. The van der Waals surface area contributed by atoms with E-state index in [0.717, 1.165) is 16.9 Å². The van der Waals surface area contributed by atoms with E-state index in [0.29, 0.717) is 39.1 Å². The first-order valence-electron chi connectivity index (χ1n) is 7.64. The van der Waals surface area contributed by atoms with Crippen LogP contribution in [0, 0.1) is 12.3 Å². The van der Waals surface area contributed by atoms with Gasteiger partial charge in [-0.1, -0.05) is 6.07 Å². The molecule has 7 heteroatoms. The maximum atomic E-state index is 12.5. The van der Waals surface area contributed by atoms with Gasteiger partial charge in [-0.25, -0.2) is 4.98 Å². The SMILES string of the molecule is Cc1ccc2nc(CNC(=O)C3(CN)CCOCC3)[nH]c2c1.Cl. The van der Waals surface area contributed by atoms with E-state index in [1.54, 1.807) is 0 Å². The van der Waals surface area contributed by atoms with Crippen LogP contribution in [0.2, 0.25) is 0 Å². The normalized spacial score (nSPS) is 16.8. The van der Waals surface area contributed by atoms with E-state index < -0.39 is 5.41 Å². The minimum atomic E-state index is -0.499. The number of halogens is 1. The molecule has 126 valence electrons. The molecule has 0 atom stereocenters. The minimum Gasteiger partial charge on any atom is -0.381 e. The van der Waals surface area contributed by atoms with Gasteiger partial charge in [0.25, 0.3) is 0 Å². The maximum absolute atomic E-state index is 12.5. The summed E-state index contributed by atoms with van der Waals surface area (Å²) in [5, 5.41) is 2.97. The Kier molecular flexibility index (Phi) is 5.62. The van der Waals surface area contributed by atoms with Crippen molar-refractivity contribution in [1.29, 1.82) is 0 Å². The van der Waals surface area contributed by atoms with Gasteiger partial charge in [-0.3, -0.25) is 4.79 Å². The summed E-state index contributed by atoms with van der Waals surface area (Å²) in [6.07, 6.45) is 1.35. The molecule has 0 bridgehead atoms. The summed E-state index contributed by atoms with van der Waals surface area (Å²) in [6, 6.07) is 6.05. The number of H-pyrrole nitrogens is 1. The number of benzene rings is 1. The molecule has 0 saturated carbocycles. The number of aromatic nitrogens is 2. The number of imidazole rings is 1. The Morgan fingerprint density at radius 2 is 2.17 bits per heavy atom. The van der Waals surface area contributed by atoms with E-state index in [4.69, 9.17) is 10.5 Å². The highest BCUT2D eigenvalue weighted by atomic mass is 35.5. The van der Waals surface area contributed by atoms with Crippen LogP contribution in [0.5, 0.6) is 0 Å². The van der Waals surface area contributed by atoms with Gasteiger partial charge < -0.3 is 20.8 Å². The van der Waals surface area contributed by atoms with Crippen molar-refractivity contribution in [3.8, 4) is 0 Å². The third-order valence-electron chi connectivity index (χ3n) is 4.43. The number of hydrogen-bond donors (Lipinski definition) is 3. The number of nitrogens with one attached hydrogen (secondary N) is 2. The molecule has 1 aliphatic heterocycles. The molecule has 1 aliphatic rings. The number of rotatable bonds is 4. The summed E-state index contributed by atoms with van der Waals surface area (Å²) in [5.74, 6) is 0.753. The Bertz CT molecular complexity index is 680. The van der Waals surface area contributed by atoms with Crippen molar-refractivity contribution < 1.29 is 9.53 Å². The maximum Gasteiger partial charge on any atom is 0.228 e. The van der Waals surface area contributed by atoms with Crippen molar-refractivity contribution in [2.24, 2.45) is 11.1 Å². The molecule has 1 aromatic carbocycles. The lowest BCUT2D eigenvalue weighted by Gasteiger charge is -2.34. The molecule has 0 aliphatic carbocycles. The zero-order chi connectivity index (χ0) is 15.6. The van der Waals surface area contributed by atoms with E-state index in [2.05, 4.69) is 15.3 Å². The molecule has 1 fully saturated rings. The van der Waals surface area contributed by atoms with Crippen LogP contribution >= 0.6 is 12.4 Å². The molecule has 4 N–H and O–H groups in total. The molecule has 0 unspecified atom stereocenters. The third kappa shape index (κ3) is 3.65. The van der Waals surface area contributed by atoms with Gasteiger partial charge in [0.05, 0.1) is 23.0 Å². The van der Waals surface area contributed by atoms with Crippen LogP contribution in [-0.4, -0.2) is 35.6 Å². The van der Waals surface area contributed by atoms with Crippen LogP contribution in [0.15, 0.2) is 18.2 Å². The predicted molar refractivity (Wildman–Crippen MR) is 91.5 cm³/mol. The minimum absolute atomic E-state index is 0. The van der Waals surface area contributed by atoms with Crippen LogP contribution < -0.4 is 11.1 Å². The van der Waals surface area contributed by atoms with E-state index >= 15 is 0 Å². The van der Waals surface area contributed by atoms with Crippen molar-refractivity contribution >= 4 is 29.3 Å². The lowest BCUT2D eigenvalue weighted by molar-refractivity contribution is -0.136. The molecule has 2 aromatic rings. The van der Waals surface area contributed by atoms with Gasteiger partial charge in [0.1, 0.15) is 5.82 Å². The van der Waals surface area contributed by atoms with Crippen molar-refractivity contribution in [3.63, 3.8) is 0 Å². The molecule has 1 amide bonds. The first-order chi connectivity index (χ1) is 10.6. The van der Waals surface area contributed by atoms with Gasteiger partial charge in [0.15, 0.2) is 0 Å². The number of fused-ring (bicyclic) bond motifs is 1. The smallest absolute Gasteiger partial charge is 0.228 e. The van der Waals surface area contributed by atoms with E-state index in [1.807, 2.05) is 25.1 Å². The number of carbonyl (C=O) groups is 1. The first-order valence-corrected chi connectivity index (χ1v) is 7.64. The zero-order valence-electron chi connectivity index (χ0n) is 13.2.